The molecule has 2 nitrogen and oxygen atoms in total. The van der Waals surface area contributed by atoms with Crippen molar-refractivity contribution in [1.29, 1.82) is 0 Å². The largest absolute Gasteiger partial charge is 0.385 e. The normalized spacial score (nSPS) is 18.5. The van der Waals surface area contributed by atoms with Crippen LogP contribution in [0.4, 0.5) is 0 Å². The molecule has 1 atom stereocenters. The SMILES string of the molecule is CC(O)(CCN1CCCCC1)c1ccccc1-c1ccccc1. The number of aliphatic hydroxyl groups is 1. The average molecular weight is 309 g/mol. The van der Waals surface area contributed by atoms with E-state index in [0.717, 1.165) is 24.1 Å². The van der Waals surface area contributed by atoms with Gasteiger partial charge in [0.1, 0.15) is 0 Å². The van der Waals surface area contributed by atoms with Crippen molar-refractivity contribution in [3.05, 3.63) is 60.2 Å². The van der Waals surface area contributed by atoms with E-state index in [0.29, 0.717) is 0 Å². The Morgan fingerprint density at radius 1 is 0.913 bits per heavy atom. The molecular formula is C21H27NO. The zero-order chi connectivity index (χ0) is 16.1. The van der Waals surface area contributed by atoms with Crippen LogP contribution in [0.3, 0.4) is 0 Å². The monoisotopic (exact) mass is 309 g/mol. The van der Waals surface area contributed by atoms with Gasteiger partial charge in [-0.3, -0.25) is 0 Å². The Morgan fingerprint density at radius 3 is 2.30 bits per heavy atom. The Hall–Kier alpha value is -1.64. The van der Waals surface area contributed by atoms with Gasteiger partial charge in [-0.05, 0) is 56.0 Å². The molecular weight excluding hydrogens is 282 g/mol. The Morgan fingerprint density at radius 2 is 1.57 bits per heavy atom. The van der Waals surface area contributed by atoms with Crippen LogP contribution in [0.25, 0.3) is 11.1 Å². The number of nitrogens with zero attached hydrogens (tertiary/aromatic N) is 1. The standard InChI is InChI=1S/C21H27NO/c1-21(23,14-17-22-15-8-3-9-16-22)20-13-7-6-12-19(20)18-10-4-2-5-11-18/h2,4-7,10-13,23H,3,8-9,14-17H2,1H3. The molecule has 0 radical (unpaired) electrons. The van der Waals surface area contributed by atoms with E-state index in [4.69, 9.17) is 0 Å². The Kier molecular flexibility index (Phi) is 5.14. The van der Waals surface area contributed by atoms with Gasteiger partial charge in [0.25, 0.3) is 0 Å². The predicted molar refractivity (Wildman–Crippen MR) is 96.4 cm³/mol. The van der Waals surface area contributed by atoms with Crippen LogP contribution in [-0.2, 0) is 5.60 Å². The van der Waals surface area contributed by atoms with Crippen molar-refractivity contribution in [2.45, 2.75) is 38.2 Å². The van der Waals surface area contributed by atoms with Gasteiger partial charge in [0.2, 0.25) is 0 Å². The summed E-state index contributed by atoms with van der Waals surface area (Å²) in [6.45, 7) is 5.28. The van der Waals surface area contributed by atoms with Gasteiger partial charge in [-0.15, -0.1) is 0 Å². The van der Waals surface area contributed by atoms with Crippen molar-refractivity contribution < 1.29 is 5.11 Å². The Balaban J connectivity index is 1.79. The molecule has 0 aliphatic carbocycles. The molecule has 0 spiro atoms. The van der Waals surface area contributed by atoms with Crippen molar-refractivity contribution in [3.63, 3.8) is 0 Å². The van der Waals surface area contributed by atoms with Gasteiger partial charge < -0.3 is 10.0 Å². The highest BCUT2D eigenvalue weighted by molar-refractivity contribution is 5.68. The fourth-order valence-electron chi connectivity index (χ4n) is 3.52. The molecule has 23 heavy (non-hydrogen) atoms. The number of rotatable bonds is 5. The van der Waals surface area contributed by atoms with Gasteiger partial charge in [0.05, 0.1) is 5.60 Å². The van der Waals surface area contributed by atoms with E-state index in [1.54, 1.807) is 0 Å². The quantitative estimate of drug-likeness (QED) is 0.883. The highest BCUT2D eigenvalue weighted by Crippen LogP contribution is 2.34. The summed E-state index contributed by atoms with van der Waals surface area (Å²) >= 11 is 0. The number of benzene rings is 2. The topological polar surface area (TPSA) is 23.5 Å². The minimum absolute atomic E-state index is 0.775. The van der Waals surface area contributed by atoms with Gasteiger partial charge in [0, 0.05) is 6.54 Å². The number of piperidine rings is 1. The van der Waals surface area contributed by atoms with E-state index in [-0.39, 0.29) is 0 Å². The summed E-state index contributed by atoms with van der Waals surface area (Å²) < 4.78 is 0. The molecule has 2 heteroatoms. The number of likely N-dealkylation sites (tertiary alicyclic amines) is 1. The molecule has 1 heterocycles. The van der Waals surface area contributed by atoms with E-state index >= 15 is 0 Å². The summed E-state index contributed by atoms with van der Waals surface area (Å²) in [7, 11) is 0. The van der Waals surface area contributed by atoms with Crippen molar-refractivity contribution in [1.82, 2.24) is 4.90 Å². The zero-order valence-electron chi connectivity index (χ0n) is 14.0. The third-order valence-electron chi connectivity index (χ3n) is 4.96. The van der Waals surface area contributed by atoms with E-state index in [1.165, 1.54) is 37.9 Å². The van der Waals surface area contributed by atoms with Crippen LogP contribution in [0, 0.1) is 0 Å². The van der Waals surface area contributed by atoms with Gasteiger partial charge in [-0.2, -0.15) is 0 Å². The zero-order valence-corrected chi connectivity index (χ0v) is 14.0. The molecule has 3 rings (SSSR count). The first kappa shape index (κ1) is 16.2. The van der Waals surface area contributed by atoms with Gasteiger partial charge in [-0.25, -0.2) is 0 Å². The van der Waals surface area contributed by atoms with Crippen LogP contribution < -0.4 is 0 Å². The van der Waals surface area contributed by atoms with Gasteiger partial charge in [-0.1, -0.05) is 61.0 Å². The maximum absolute atomic E-state index is 11.1. The second-order valence-corrected chi connectivity index (χ2v) is 6.84. The van der Waals surface area contributed by atoms with E-state index in [1.807, 2.05) is 25.1 Å². The van der Waals surface area contributed by atoms with Gasteiger partial charge in [0.15, 0.2) is 0 Å². The van der Waals surface area contributed by atoms with Crippen LogP contribution in [0.1, 0.15) is 38.2 Å². The molecule has 1 saturated heterocycles. The summed E-state index contributed by atoms with van der Waals surface area (Å²) in [5.41, 5.74) is 2.53. The average Bonchev–Trinajstić information content (AvgIpc) is 2.62. The molecule has 1 N–H and O–H groups in total. The smallest absolute Gasteiger partial charge is 0.0886 e. The molecule has 2 aromatic carbocycles. The summed E-state index contributed by atoms with van der Waals surface area (Å²) in [6.07, 6.45) is 4.71. The Labute approximate surface area is 139 Å². The van der Waals surface area contributed by atoms with Crippen molar-refractivity contribution in [2.75, 3.05) is 19.6 Å². The van der Waals surface area contributed by atoms with E-state index in [2.05, 4.69) is 41.3 Å². The highest BCUT2D eigenvalue weighted by atomic mass is 16.3. The van der Waals surface area contributed by atoms with Crippen LogP contribution in [-0.4, -0.2) is 29.6 Å². The Bertz CT molecular complexity index is 615. The summed E-state index contributed by atoms with van der Waals surface area (Å²) in [5.74, 6) is 0. The predicted octanol–water partition coefficient (Wildman–Crippen LogP) is 4.44. The summed E-state index contributed by atoms with van der Waals surface area (Å²) in [5, 5.41) is 11.1. The summed E-state index contributed by atoms with van der Waals surface area (Å²) in [4.78, 5) is 2.49. The lowest BCUT2D eigenvalue weighted by Gasteiger charge is -2.32. The lowest BCUT2D eigenvalue weighted by molar-refractivity contribution is 0.0342. The summed E-state index contributed by atoms with van der Waals surface area (Å²) in [6, 6.07) is 18.6. The second-order valence-electron chi connectivity index (χ2n) is 6.84. The minimum atomic E-state index is -0.802. The first-order valence-corrected chi connectivity index (χ1v) is 8.76. The highest BCUT2D eigenvalue weighted by Gasteiger charge is 2.27. The molecule has 0 bridgehead atoms. The fourth-order valence-corrected chi connectivity index (χ4v) is 3.52. The molecule has 122 valence electrons. The van der Waals surface area contributed by atoms with E-state index < -0.39 is 5.60 Å². The number of hydrogen-bond acceptors (Lipinski definition) is 2. The van der Waals surface area contributed by atoms with Gasteiger partial charge >= 0.3 is 0 Å². The van der Waals surface area contributed by atoms with Crippen molar-refractivity contribution in [3.8, 4) is 11.1 Å². The fraction of sp³-hybridized carbons (Fsp3) is 0.429. The van der Waals surface area contributed by atoms with Crippen LogP contribution in [0.15, 0.2) is 54.6 Å². The molecule has 0 aromatic heterocycles. The first-order valence-electron chi connectivity index (χ1n) is 8.76. The number of hydrogen-bond donors (Lipinski definition) is 1. The maximum Gasteiger partial charge on any atom is 0.0886 e. The van der Waals surface area contributed by atoms with E-state index in [9.17, 15) is 5.11 Å². The third-order valence-corrected chi connectivity index (χ3v) is 4.96. The van der Waals surface area contributed by atoms with Crippen molar-refractivity contribution >= 4 is 0 Å². The first-order chi connectivity index (χ1) is 11.2. The molecule has 1 aliphatic heterocycles. The molecule has 0 saturated carbocycles. The second kappa shape index (κ2) is 7.29. The third kappa shape index (κ3) is 4.01. The van der Waals surface area contributed by atoms with Crippen molar-refractivity contribution in [2.24, 2.45) is 0 Å². The molecule has 1 fully saturated rings. The lowest BCUT2D eigenvalue weighted by atomic mass is 9.86. The van der Waals surface area contributed by atoms with Crippen LogP contribution >= 0.6 is 0 Å². The molecule has 0 amide bonds. The molecule has 1 aliphatic rings. The lowest BCUT2D eigenvalue weighted by Crippen LogP contribution is -2.35. The van der Waals surface area contributed by atoms with Crippen LogP contribution in [0.2, 0.25) is 0 Å². The van der Waals surface area contributed by atoms with Crippen LogP contribution in [0.5, 0.6) is 0 Å². The minimum Gasteiger partial charge on any atom is -0.385 e. The maximum atomic E-state index is 11.1. The molecule has 1 unspecified atom stereocenters. The molecule has 2 aromatic rings.